The number of rotatable bonds is 3. The Hall–Kier alpha value is -4.35. The van der Waals surface area contributed by atoms with E-state index in [0.717, 1.165) is 73.8 Å². The van der Waals surface area contributed by atoms with E-state index in [1.54, 1.807) is 18.2 Å². The van der Waals surface area contributed by atoms with Gasteiger partial charge in [0.05, 0.1) is 34.2 Å². The van der Waals surface area contributed by atoms with Crippen molar-refractivity contribution in [2.75, 3.05) is 6.54 Å². The van der Waals surface area contributed by atoms with E-state index in [1.165, 1.54) is 6.07 Å². The molecule has 258 valence electrons. The third kappa shape index (κ3) is 5.37. The molecule has 1 saturated heterocycles. The summed E-state index contributed by atoms with van der Waals surface area (Å²) in [6.45, 7) is 3.11. The molecule has 2 amide bonds. The molecule has 4 atom stereocenters. The Kier molecular flexibility index (Phi) is 7.69. The van der Waals surface area contributed by atoms with E-state index in [1.807, 2.05) is 28.5 Å². The van der Waals surface area contributed by atoms with Crippen LogP contribution in [0.15, 0.2) is 42.5 Å². The molecule has 3 fully saturated rings. The fourth-order valence-electron chi connectivity index (χ4n) is 8.53. The summed E-state index contributed by atoms with van der Waals surface area (Å²) in [5.74, 6) is 0.330. The zero-order valence-electron chi connectivity index (χ0n) is 28.0. The number of pyridine rings is 2. The van der Waals surface area contributed by atoms with E-state index in [-0.39, 0.29) is 36.0 Å². The normalized spacial score (nSPS) is 24.1. The number of amides is 2. The van der Waals surface area contributed by atoms with Gasteiger partial charge in [0.15, 0.2) is 5.82 Å². The van der Waals surface area contributed by atoms with Gasteiger partial charge < -0.3 is 25.1 Å². The van der Waals surface area contributed by atoms with Crippen molar-refractivity contribution >= 4 is 45.5 Å². The number of piperidine rings is 1. The highest BCUT2D eigenvalue weighted by atomic mass is 35.5. The lowest BCUT2D eigenvalue weighted by Crippen LogP contribution is -2.51. The van der Waals surface area contributed by atoms with Crippen molar-refractivity contribution in [2.45, 2.75) is 95.4 Å². The minimum absolute atomic E-state index is 0.0453. The summed E-state index contributed by atoms with van der Waals surface area (Å²) in [5, 5.41) is 4.42. The number of benzene rings is 1. The van der Waals surface area contributed by atoms with Crippen molar-refractivity contribution in [2.24, 2.45) is 11.7 Å². The highest BCUT2D eigenvalue weighted by molar-refractivity contribution is 6.29. The predicted octanol–water partition coefficient (Wildman–Crippen LogP) is 6.74. The molecular weight excluding hydrogens is 655 g/mol. The molecule has 10 nitrogen and oxygen atoms in total. The Morgan fingerprint density at radius 3 is 2.68 bits per heavy atom. The Balaban J connectivity index is 1.12. The van der Waals surface area contributed by atoms with Crippen LogP contribution < -0.4 is 11.1 Å². The Labute approximate surface area is 294 Å². The lowest BCUT2D eigenvalue weighted by atomic mass is 9.94. The van der Waals surface area contributed by atoms with Crippen molar-refractivity contribution in [1.29, 1.82) is 0 Å². The van der Waals surface area contributed by atoms with Crippen LogP contribution in [0, 0.1) is 11.7 Å². The topological polar surface area (TPSA) is 124 Å². The number of nitrogens with zero attached hydrogens (tertiary/aromatic N) is 6. The third-order valence-electron chi connectivity index (χ3n) is 11.3. The first-order chi connectivity index (χ1) is 24.2. The molecule has 2 saturated carbocycles. The maximum Gasteiger partial charge on any atom is 0.254 e. The van der Waals surface area contributed by atoms with E-state index in [0.29, 0.717) is 64.3 Å². The molecule has 50 heavy (non-hydrogen) atoms. The maximum atomic E-state index is 16.3. The number of hydrogen-bond donors (Lipinski definition) is 2. The van der Waals surface area contributed by atoms with E-state index >= 15 is 4.39 Å². The molecule has 0 radical (unpaired) electrons. The van der Waals surface area contributed by atoms with Crippen LogP contribution in [-0.2, 0) is 13.0 Å². The van der Waals surface area contributed by atoms with E-state index in [2.05, 4.69) is 20.9 Å². The van der Waals surface area contributed by atoms with Crippen LogP contribution in [0.2, 0.25) is 5.15 Å². The number of imidazole rings is 1. The molecule has 2 aliphatic heterocycles. The predicted molar refractivity (Wildman–Crippen MR) is 190 cm³/mol. The smallest absolute Gasteiger partial charge is 0.254 e. The quantitative estimate of drug-likeness (QED) is 0.202. The van der Waals surface area contributed by atoms with Gasteiger partial charge in [-0.15, -0.1) is 0 Å². The molecule has 2 aliphatic carbocycles. The maximum absolute atomic E-state index is 16.3. The van der Waals surface area contributed by atoms with E-state index < -0.39 is 5.82 Å². The Morgan fingerprint density at radius 2 is 1.84 bits per heavy atom. The fraction of sp³-hybridized carbons (Fsp3) is 0.447. The number of carbonyl (C=O) groups excluding carboxylic acids is 2. The SMILES string of the molecule is C[C@H]1NC(=O)c2ccc(Cl)nc2CCCCCn2c(-c3nc4cc(C(=O)N5C[C@H](N)[C@H]6CC[C@@H]5C6)cc(F)c4n3C3CC3)cc3ccc1nc32. The summed E-state index contributed by atoms with van der Waals surface area (Å²) < 4.78 is 20.5. The molecule has 4 aliphatic rings. The second-order valence-electron chi connectivity index (χ2n) is 14.7. The van der Waals surface area contributed by atoms with Crippen molar-refractivity contribution < 1.29 is 14.0 Å². The number of fused-ring (bicyclic) bond motifs is 5. The van der Waals surface area contributed by atoms with E-state index in [9.17, 15) is 9.59 Å². The lowest BCUT2D eigenvalue weighted by Gasteiger charge is -2.37. The largest absolute Gasteiger partial charge is 0.344 e. The minimum Gasteiger partial charge on any atom is -0.344 e. The Bertz CT molecular complexity index is 2190. The summed E-state index contributed by atoms with van der Waals surface area (Å²) in [4.78, 5) is 43.8. The first-order valence-corrected chi connectivity index (χ1v) is 18.4. The molecule has 4 aromatic heterocycles. The van der Waals surface area contributed by atoms with Crippen LogP contribution in [-0.4, -0.2) is 59.4 Å². The zero-order chi connectivity index (χ0) is 34.3. The molecule has 0 spiro atoms. The molecule has 9 rings (SSSR count). The molecule has 0 unspecified atom stereocenters. The number of hydrogen-bond acceptors (Lipinski definition) is 6. The average Bonchev–Trinajstić information content (AvgIpc) is 3.57. The summed E-state index contributed by atoms with van der Waals surface area (Å²) in [6, 6.07) is 12.5. The number of nitrogens with one attached hydrogen (secondary N) is 1. The average molecular weight is 695 g/mol. The van der Waals surface area contributed by atoms with Gasteiger partial charge in [-0.25, -0.2) is 19.3 Å². The molecule has 3 N–H and O–H groups in total. The second kappa shape index (κ2) is 12.2. The zero-order valence-corrected chi connectivity index (χ0v) is 28.8. The lowest BCUT2D eigenvalue weighted by molar-refractivity contribution is 0.0603. The highest BCUT2D eigenvalue weighted by Gasteiger charge is 2.41. The highest BCUT2D eigenvalue weighted by Crippen LogP contribution is 2.44. The molecule has 12 heteroatoms. The number of halogens is 2. The monoisotopic (exact) mass is 694 g/mol. The first kappa shape index (κ1) is 31.6. The number of nitrogens with two attached hydrogens (primary N) is 1. The number of likely N-dealkylation sites (tertiary alicyclic amines) is 1. The molecule has 6 heterocycles. The minimum atomic E-state index is -0.432. The summed E-state index contributed by atoms with van der Waals surface area (Å²) >= 11 is 6.23. The van der Waals surface area contributed by atoms with E-state index in [4.69, 9.17) is 27.3 Å². The number of aromatic nitrogens is 5. The van der Waals surface area contributed by atoms with Crippen LogP contribution >= 0.6 is 11.6 Å². The van der Waals surface area contributed by atoms with Gasteiger partial charge >= 0.3 is 0 Å². The third-order valence-corrected chi connectivity index (χ3v) is 11.5. The van der Waals surface area contributed by atoms with Crippen LogP contribution in [0.5, 0.6) is 0 Å². The van der Waals surface area contributed by atoms with Crippen molar-refractivity contribution in [1.82, 2.24) is 34.3 Å². The van der Waals surface area contributed by atoms with Gasteiger partial charge in [-0.2, -0.15) is 0 Å². The van der Waals surface area contributed by atoms with Crippen LogP contribution in [0.25, 0.3) is 33.6 Å². The van der Waals surface area contributed by atoms with Crippen LogP contribution in [0.4, 0.5) is 4.39 Å². The van der Waals surface area contributed by atoms with Gasteiger partial charge in [0.2, 0.25) is 0 Å². The number of aryl methyl sites for hydroxylation is 2. The van der Waals surface area contributed by atoms with Crippen LogP contribution in [0.3, 0.4) is 0 Å². The number of carbonyl (C=O) groups is 2. The fourth-order valence-corrected chi connectivity index (χ4v) is 8.70. The summed E-state index contributed by atoms with van der Waals surface area (Å²) in [5.41, 5.74) is 11.3. The van der Waals surface area contributed by atoms with Gasteiger partial charge in [0, 0.05) is 42.2 Å². The van der Waals surface area contributed by atoms with Crippen molar-refractivity contribution in [3.8, 4) is 11.5 Å². The molecule has 1 aromatic carbocycles. The van der Waals surface area contributed by atoms with Gasteiger partial charge in [-0.1, -0.05) is 18.0 Å². The summed E-state index contributed by atoms with van der Waals surface area (Å²) in [7, 11) is 0. The summed E-state index contributed by atoms with van der Waals surface area (Å²) in [6.07, 6.45) is 8.00. The Morgan fingerprint density at radius 1 is 1.00 bits per heavy atom. The van der Waals surface area contributed by atoms with Gasteiger partial charge in [0.1, 0.15) is 22.1 Å². The van der Waals surface area contributed by atoms with Crippen LogP contribution in [0.1, 0.15) is 102 Å². The van der Waals surface area contributed by atoms with Gasteiger partial charge in [-0.3, -0.25) is 9.59 Å². The first-order valence-electron chi connectivity index (χ1n) is 18.0. The van der Waals surface area contributed by atoms with Crippen molar-refractivity contribution in [3.05, 3.63) is 75.9 Å². The molecule has 5 aromatic rings. The van der Waals surface area contributed by atoms with Gasteiger partial charge in [0.25, 0.3) is 11.8 Å². The van der Waals surface area contributed by atoms with Crippen molar-refractivity contribution in [3.63, 3.8) is 0 Å². The molecular formula is C38H40ClFN8O2. The second-order valence-corrected chi connectivity index (χ2v) is 15.1. The standard InChI is InChI=1S/C38H40ClFN8O2/c1-20-29-12-7-22-18-32(46(35(22)44-29)14-4-2-3-5-30-26(37(49)42-20)11-13-33(39)43-30)36-45-31-17-23(16-27(40)34(31)48(36)24-9-10-24)38(50)47-19-28(41)21-6-8-25(47)15-21/h7,11-13,16-18,20-21,24-25,28H,2-6,8-10,14-15,19,41H2,1H3,(H,42,49)/t20-,21+,25-,28+/m1/s1. The molecule has 4 bridgehead atoms. The van der Waals surface area contributed by atoms with Gasteiger partial charge in [-0.05, 0) is 107 Å².